The van der Waals surface area contributed by atoms with Crippen molar-refractivity contribution in [3.8, 4) is 11.4 Å². The molecule has 6 heteroatoms. The quantitative estimate of drug-likeness (QED) is 0.847. The number of amides is 1. The highest BCUT2D eigenvalue weighted by atomic mass is 16.5. The number of hydrogen-bond donors (Lipinski definition) is 2. The first-order valence-corrected chi connectivity index (χ1v) is 7.02. The van der Waals surface area contributed by atoms with E-state index in [2.05, 4.69) is 15.5 Å². The monoisotopic (exact) mass is 288 g/mol. The van der Waals surface area contributed by atoms with E-state index in [4.69, 9.17) is 10.3 Å². The standard InChI is InChI=1S/C15H20N4O2/c1-3-15(16,4-2)9-17-14(20)12-7-5-11(6-8-12)13-18-10-21-19-13/h5-8,10H,3-4,9,16H2,1-2H3,(H,17,20). The molecule has 0 saturated heterocycles. The van der Waals surface area contributed by atoms with Gasteiger partial charge >= 0.3 is 0 Å². The summed E-state index contributed by atoms with van der Waals surface area (Å²) in [6.45, 7) is 4.51. The van der Waals surface area contributed by atoms with Gasteiger partial charge in [0.05, 0.1) is 0 Å². The molecule has 2 rings (SSSR count). The normalized spacial score (nSPS) is 11.4. The van der Waals surface area contributed by atoms with E-state index < -0.39 is 0 Å². The molecule has 0 atom stereocenters. The largest absolute Gasteiger partial charge is 0.350 e. The van der Waals surface area contributed by atoms with Crippen molar-refractivity contribution in [3.63, 3.8) is 0 Å². The molecule has 0 unspecified atom stereocenters. The van der Waals surface area contributed by atoms with E-state index in [1.165, 1.54) is 6.39 Å². The third-order valence-corrected chi connectivity index (χ3v) is 3.78. The number of rotatable bonds is 6. The molecule has 6 nitrogen and oxygen atoms in total. The number of hydrogen-bond acceptors (Lipinski definition) is 5. The Morgan fingerprint density at radius 3 is 2.48 bits per heavy atom. The minimum absolute atomic E-state index is 0.133. The van der Waals surface area contributed by atoms with Gasteiger partial charge in [0.1, 0.15) is 0 Å². The average Bonchev–Trinajstić information content (AvgIpc) is 3.07. The zero-order valence-corrected chi connectivity index (χ0v) is 12.3. The maximum atomic E-state index is 12.1. The topological polar surface area (TPSA) is 94.0 Å². The van der Waals surface area contributed by atoms with Gasteiger partial charge < -0.3 is 15.6 Å². The molecule has 0 spiro atoms. The van der Waals surface area contributed by atoms with Gasteiger partial charge in [0.15, 0.2) is 0 Å². The molecule has 1 heterocycles. The molecule has 0 aliphatic rings. The van der Waals surface area contributed by atoms with Crippen LogP contribution in [0.3, 0.4) is 0 Å². The molecule has 0 saturated carbocycles. The molecule has 1 amide bonds. The zero-order chi connectivity index (χ0) is 15.3. The highest BCUT2D eigenvalue weighted by Crippen LogP contribution is 2.15. The molecule has 0 radical (unpaired) electrons. The van der Waals surface area contributed by atoms with Crippen LogP contribution in [0, 0.1) is 0 Å². The van der Waals surface area contributed by atoms with Gasteiger partial charge in [0.25, 0.3) is 5.91 Å². The van der Waals surface area contributed by atoms with Gasteiger partial charge in [-0.05, 0) is 25.0 Å². The van der Waals surface area contributed by atoms with Gasteiger partial charge in [-0.15, -0.1) is 0 Å². The second-order valence-electron chi connectivity index (χ2n) is 5.08. The Morgan fingerprint density at radius 2 is 1.95 bits per heavy atom. The van der Waals surface area contributed by atoms with E-state index in [9.17, 15) is 4.79 Å². The lowest BCUT2D eigenvalue weighted by Crippen LogP contribution is -2.49. The molecule has 0 bridgehead atoms. The summed E-state index contributed by atoms with van der Waals surface area (Å²) in [5, 5.41) is 6.63. The summed E-state index contributed by atoms with van der Waals surface area (Å²) in [7, 11) is 0. The van der Waals surface area contributed by atoms with Crippen LogP contribution in [0.4, 0.5) is 0 Å². The summed E-state index contributed by atoms with van der Waals surface area (Å²) in [5.74, 6) is 0.367. The van der Waals surface area contributed by atoms with Gasteiger partial charge in [0.2, 0.25) is 12.2 Å². The first kappa shape index (κ1) is 15.2. The van der Waals surface area contributed by atoms with E-state index in [1.54, 1.807) is 24.3 Å². The predicted octanol–water partition coefficient (Wildman–Crippen LogP) is 1.98. The number of carbonyl (C=O) groups excluding carboxylic acids is 1. The van der Waals surface area contributed by atoms with E-state index in [0.29, 0.717) is 17.9 Å². The maximum Gasteiger partial charge on any atom is 0.251 e. The Kier molecular flexibility index (Phi) is 4.70. The Morgan fingerprint density at radius 1 is 1.29 bits per heavy atom. The first-order valence-electron chi connectivity index (χ1n) is 7.02. The average molecular weight is 288 g/mol. The number of aromatic nitrogens is 2. The summed E-state index contributed by atoms with van der Waals surface area (Å²) in [6, 6.07) is 7.04. The lowest BCUT2D eigenvalue weighted by atomic mass is 9.94. The van der Waals surface area contributed by atoms with E-state index >= 15 is 0 Å². The summed E-state index contributed by atoms with van der Waals surface area (Å²) < 4.78 is 4.69. The van der Waals surface area contributed by atoms with Crippen LogP contribution in [0.2, 0.25) is 0 Å². The van der Waals surface area contributed by atoms with Crippen molar-refractivity contribution in [3.05, 3.63) is 36.2 Å². The molecule has 2 aromatic rings. The van der Waals surface area contributed by atoms with Crippen molar-refractivity contribution < 1.29 is 9.32 Å². The van der Waals surface area contributed by atoms with Crippen LogP contribution in [0.15, 0.2) is 35.2 Å². The SMILES string of the molecule is CCC(N)(CC)CNC(=O)c1ccc(-c2ncon2)cc1. The lowest BCUT2D eigenvalue weighted by molar-refractivity contribution is 0.0942. The predicted molar refractivity (Wildman–Crippen MR) is 79.6 cm³/mol. The Bertz CT molecular complexity index is 574. The van der Waals surface area contributed by atoms with Crippen LogP contribution in [-0.2, 0) is 0 Å². The van der Waals surface area contributed by atoms with Gasteiger partial charge in [0, 0.05) is 23.2 Å². The molecular weight excluding hydrogens is 268 g/mol. The summed E-state index contributed by atoms with van der Waals surface area (Å²) in [4.78, 5) is 16.1. The first-order chi connectivity index (χ1) is 10.1. The number of nitrogens with zero attached hydrogens (tertiary/aromatic N) is 2. The fourth-order valence-electron chi connectivity index (χ4n) is 1.93. The number of nitrogens with one attached hydrogen (secondary N) is 1. The van der Waals surface area contributed by atoms with Crippen LogP contribution in [0.1, 0.15) is 37.0 Å². The van der Waals surface area contributed by atoms with Crippen molar-refractivity contribution in [2.24, 2.45) is 5.73 Å². The highest BCUT2D eigenvalue weighted by molar-refractivity contribution is 5.94. The minimum atomic E-state index is -0.347. The van der Waals surface area contributed by atoms with Gasteiger partial charge in [-0.3, -0.25) is 4.79 Å². The molecule has 1 aromatic heterocycles. The molecular formula is C15H20N4O2. The van der Waals surface area contributed by atoms with E-state index in [1.807, 2.05) is 13.8 Å². The van der Waals surface area contributed by atoms with Crippen molar-refractivity contribution >= 4 is 5.91 Å². The van der Waals surface area contributed by atoms with Crippen LogP contribution in [0.25, 0.3) is 11.4 Å². The maximum absolute atomic E-state index is 12.1. The van der Waals surface area contributed by atoms with Gasteiger partial charge in [-0.25, -0.2) is 0 Å². The van der Waals surface area contributed by atoms with Gasteiger partial charge in [-0.2, -0.15) is 4.98 Å². The van der Waals surface area contributed by atoms with Crippen LogP contribution in [0.5, 0.6) is 0 Å². The van der Waals surface area contributed by atoms with Crippen molar-refractivity contribution in [2.75, 3.05) is 6.54 Å². The zero-order valence-electron chi connectivity index (χ0n) is 12.3. The van der Waals surface area contributed by atoms with Crippen molar-refractivity contribution in [1.29, 1.82) is 0 Å². The van der Waals surface area contributed by atoms with E-state index in [-0.39, 0.29) is 11.4 Å². The molecule has 0 aliphatic carbocycles. The molecule has 3 N–H and O–H groups in total. The third kappa shape index (κ3) is 3.66. The fourth-order valence-corrected chi connectivity index (χ4v) is 1.93. The van der Waals surface area contributed by atoms with Crippen LogP contribution in [-0.4, -0.2) is 28.1 Å². The second kappa shape index (κ2) is 6.49. The van der Waals surface area contributed by atoms with E-state index in [0.717, 1.165) is 18.4 Å². The smallest absolute Gasteiger partial charge is 0.251 e. The molecule has 0 fully saturated rings. The molecule has 112 valence electrons. The van der Waals surface area contributed by atoms with Crippen molar-refractivity contribution in [1.82, 2.24) is 15.5 Å². The Hall–Kier alpha value is -2.21. The minimum Gasteiger partial charge on any atom is -0.350 e. The summed E-state index contributed by atoms with van der Waals surface area (Å²) in [6.07, 6.45) is 2.91. The summed E-state index contributed by atoms with van der Waals surface area (Å²) >= 11 is 0. The lowest BCUT2D eigenvalue weighted by Gasteiger charge is -2.26. The Balaban J connectivity index is 2.00. The third-order valence-electron chi connectivity index (χ3n) is 3.78. The molecule has 0 aliphatic heterocycles. The van der Waals surface area contributed by atoms with Crippen molar-refractivity contribution in [2.45, 2.75) is 32.2 Å². The molecule has 1 aromatic carbocycles. The van der Waals surface area contributed by atoms with Crippen LogP contribution >= 0.6 is 0 Å². The Labute approximate surface area is 123 Å². The number of benzene rings is 1. The van der Waals surface area contributed by atoms with Gasteiger partial charge in [-0.1, -0.05) is 31.1 Å². The number of nitrogens with two attached hydrogens (primary N) is 1. The van der Waals surface area contributed by atoms with Crippen LogP contribution < -0.4 is 11.1 Å². The highest BCUT2D eigenvalue weighted by Gasteiger charge is 2.21. The fraction of sp³-hybridized carbons (Fsp3) is 0.400. The summed E-state index contributed by atoms with van der Waals surface area (Å²) in [5.41, 5.74) is 7.20. The second-order valence-corrected chi connectivity index (χ2v) is 5.08. The molecule has 21 heavy (non-hydrogen) atoms. The number of carbonyl (C=O) groups is 1.